The van der Waals surface area contributed by atoms with E-state index < -0.39 is 5.63 Å². The molecule has 86 valence electrons. The second-order valence-corrected chi connectivity index (χ2v) is 3.16. The number of hydrogen-bond donors (Lipinski definition) is 1. The van der Waals surface area contributed by atoms with Crippen LogP contribution in [0.25, 0.3) is 11.0 Å². The molecule has 0 aliphatic carbocycles. The SMILES string of the molecule is COc1ccc2c(CN)cc(=O)oc2c1.Cl. The third-order valence-electron chi connectivity index (χ3n) is 2.26. The van der Waals surface area contributed by atoms with Crippen LogP contribution >= 0.6 is 12.4 Å². The molecule has 0 radical (unpaired) electrons. The molecule has 0 atom stereocenters. The van der Waals surface area contributed by atoms with Crippen LogP contribution in [0.3, 0.4) is 0 Å². The maximum Gasteiger partial charge on any atom is 0.336 e. The molecule has 2 aromatic rings. The molecule has 2 rings (SSSR count). The Balaban J connectivity index is 0.00000128. The molecule has 1 heterocycles. The zero-order valence-electron chi connectivity index (χ0n) is 8.73. The minimum absolute atomic E-state index is 0. The zero-order chi connectivity index (χ0) is 10.8. The van der Waals surface area contributed by atoms with E-state index in [9.17, 15) is 4.79 Å². The molecule has 0 aliphatic heterocycles. The molecular formula is C11H12ClNO3. The van der Waals surface area contributed by atoms with E-state index in [4.69, 9.17) is 14.9 Å². The van der Waals surface area contributed by atoms with Crippen LogP contribution in [0.2, 0.25) is 0 Å². The highest BCUT2D eigenvalue weighted by Gasteiger charge is 2.04. The number of hydrogen-bond acceptors (Lipinski definition) is 4. The fourth-order valence-electron chi connectivity index (χ4n) is 1.51. The highest BCUT2D eigenvalue weighted by atomic mass is 35.5. The summed E-state index contributed by atoms with van der Waals surface area (Å²) in [6.07, 6.45) is 0. The number of ether oxygens (including phenoxy) is 1. The van der Waals surface area contributed by atoms with Crippen molar-refractivity contribution < 1.29 is 9.15 Å². The molecule has 0 aliphatic rings. The van der Waals surface area contributed by atoms with Crippen LogP contribution in [0, 0.1) is 0 Å². The van der Waals surface area contributed by atoms with E-state index in [0.29, 0.717) is 17.9 Å². The van der Waals surface area contributed by atoms with E-state index in [0.717, 1.165) is 10.9 Å². The van der Waals surface area contributed by atoms with Crippen LogP contribution < -0.4 is 16.1 Å². The molecule has 16 heavy (non-hydrogen) atoms. The molecular weight excluding hydrogens is 230 g/mol. The maximum absolute atomic E-state index is 11.2. The number of nitrogens with two attached hydrogens (primary N) is 1. The second-order valence-electron chi connectivity index (χ2n) is 3.16. The quantitative estimate of drug-likeness (QED) is 0.813. The van der Waals surface area contributed by atoms with Gasteiger partial charge in [-0.3, -0.25) is 0 Å². The summed E-state index contributed by atoms with van der Waals surface area (Å²) >= 11 is 0. The van der Waals surface area contributed by atoms with Crippen LogP contribution in [0.4, 0.5) is 0 Å². The van der Waals surface area contributed by atoms with Gasteiger partial charge >= 0.3 is 5.63 Å². The molecule has 0 unspecified atom stereocenters. The van der Waals surface area contributed by atoms with Crippen LogP contribution in [-0.2, 0) is 6.54 Å². The summed E-state index contributed by atoms with van der Waals surface area (Å²) in [5.41, 5.74) is 6.43. The Hall–Kier alpha value is -1.52. The third-order valence-corrected chi connectivity index (χ3v) is 2.26. The summed E-state index contributed by atoms with van der Waals surface area (Å²) < 4.78 is 10.1. The Bertz CT molecular complexity index is 550. The van der Waals surface area contributed by atoms with E-state index in [1.165, 1.54) is 6.07 Å². The van der Waals surface area contributed by atoms with E-state index in [2.05, 4.69) is 0 Å². The number of halogens is 1. The fourth-order valence-corrected chi connectivity index (χ4v) is 1.51. The first-order valence-electron chi connectivity index (χ1n) is 4.55. The minimum atomic E-state index is -0.392. The van der Waals surface area contributed by atoms with Gasteiger partial charge in [-0.1, -0.05) is 0 Å². The lowest BCUT2D eigenvalue weighted by Crippen LogP contribution is -2.04. The zero-order valence-corrected chi connectivity index (χ0v) is 9.54. The van der Waals surface area contributed by atoms with Crippen molar-refractivity contribution in [2.24, 2.45) is 5.73 Å². The van der Waals surface area contributed by atoms with Crippen molar-refractivity contribution in [3.63, 3.8) is 0 Å². The van der Waals surface area contributed by atoms with Gasteiger partial charge in [0.05, 0.1) is 7.11 Å². The van der Waals surface area contributed by atoms with Crippen molar-refractivity contribution in [1.82, 2.24) is 0 Å². The third kappa shape index (κ3) is 2.18. The van der Waals surface area contributed by atoms with Crippen molar-refractivity contribution in [3.05, 3.63) is 40.2 Å². The van der Waals surface area contributed by atoms with Gasteiger partial charge in [0, 0.05) is 24.1 Å². The first-order valence-corrected chi connectivity index (χ1v) is 4.55. The van der Waals surface area contributed by atoms with Gasteiger partial charge in [-0.15, -0.1) is 12.4 Å². The summed E-state index contributed by atoms with van der Waals surface area (Å²) in [4.78, 5) is 11.2. The van der Waals surface area contributed by atoms with Gasteiger partial charge in [0.2, 0.25) is 0 Å². The molecule has 1 aromatic carbocycles. The highest BCUT2D eigenvalue weighted by Crippen LogP contribution is 2.21. The highest BCUT2D eigenvalue weighted by molar-refractivity contribution is 5.85. The predicted molar refractivity (Wildman–Crippen MR) is 64.2 cm³/mol. The summed E-state index contributed by atoms with van der Waals surface area (Å²) in [6.45, 7) is 0.314. The number of rotatable bonds is 2. The Kier molecular flexibility index (Phi) is 3.93. The Morgan fingerprint density at radius 3 is 2.75 bits per heavy atom. The summed E-state index contributed by atoms with van der Waals surface area (Å²) in [6, 6.07) is 6.73. The fraction of sp³-hybridized carbons (Fsp3) is 0.182. The monoisotopic (exact) mass is 241 g/mol. The summed E-state index contributed by atoms with van der Waals surface area (Å²) in [5, 5.41) is 0.845. The minimum Gasteiger partial charge on any atom is -0.497 e. The van der Waals surface area contributed by atoms with E-state index in [1.54, 1.807) is 13.2 Å². The van der Waals surface area contributed by atoms with Crippen LogP contribution in [0.1, 0.15) is 5.56 Å². The van der Waals surface area contributed by atoms with Gasteiger partial charge in [0.25, 0.3) is 0 Å². The van der Waals surface area contributed by atoms with Gasteiger partial charge in [-0.05, 0) is 17.7 Å². The molecule has 0 amide bonds. The summed E-state index contributed by atoms with van der Waals surface area (Å²) in [7, 11) is 1.56. The second kappa shape index (κ2) is 5.01. The predicted octanol–water partition coefficient (Wildman–Crippen LogP) is 1.68. The Labute approximate surface area is 98.4 Å². The first kappa shape index (κ1) is 12.5. The molecule has 5 heteroatoms. The standard InChI is InChI=1S/C11H11NO3.ClH/c1-14-8-2-3-9-7(6-12)4-11(13)15-10(9)5-8;/h2-5H,6,12H2,1H3;1H. The van der Waals surface area contributed by atoms with Crippen LogP contribution in [0.5, 0.6) is 5.75 Å². The van der Waals surface area contributed by atoms with Gasteiger partial charge in [-0.2, -0.15) is 0 Å². The van der Waals surface area contributed by atoms with Crippen molar-refractivity contribution in [2.75, 3.05) is 7.11 Å². The average molecular weight is 242 g/mol. The molecule has 0 saturated heterocycles. The van der Waals surface area contributed by atoms with Gasteiger partial charge in [0.15, 0.2) is 0 Å². The van der Waals surface area contributed by atoms with Crippen molar-refractivity contribution in [2.45, 2.75) is 6.54 Å². The van der Waals surface area contributed by atoms with Gasteiger partial charge in [0.1, 0.15) is 11.3 Å². The van der Waals surface area contributed by atoms with Gasteiger partial charge in [-0.25, -0.2) is 4.79 Å². The van der Waals surface area contributed by atoms with E-state index >= 15 is 0 Å². The normalized spacial score (nSPS) is 9.88. The average Bonchev–Trinajstić information content (AvgIpc) is 2.26. The lowest BCUT2D eigenvalue weighted by Gasteiger charge is -2.04. The molecule has 1 aromatic heterocycles. The number of benzene rings is 1. The van der Waals surface area contributed by atoms with Crippen molar-refractivity contribution in [3.8, 4) is 5.75 Å². The van der Waals surface area contributed by atoms with Crippen molar-refractivity contribution in [1.29, 1.82) is 0 Å². The molecule has 2 N–H and O–H groups in total. The van der Waals surface area contributed by atoms with E-state index in [-0.39, 0.29) is 12.4 Å². The largest absolute Gasteiger partial charge is 0.497 e. The maximum atomic E-state index is 11.2. The Morgan fingerprint density at radius 1 is 1.38 bits per heavy atom. The van der Waals surface area contributed by atoms with Crippen LogP contribution in [-0.4, -0.2) is 7.11 Å². The lowest BCUT2D eigenvalue weighted by atomic mass is 10.1. The van der Waals surface area contributed by atoms with Crippen molar-refractivity contribution >= 4 is 23.4 Å². The topological polar surface area (TPSA) is 65.5 Å². The first-order chi connectivity index (χ1) is 7.24. The lowest BCUT2D eigenvalue weighted by molar-refractivity contribution is 0.414. The smallest absolute Gasteiger partial charge is 0.336 e. The molecule has 0 fully saturated rings. The molecule has 0 bridgehead atoms. The van der Waals surface area contributed by atoms with Crippen LogP contribution in [0.15, 0.2) is 33.5 Å². The van der Waals surface area contributed by atoms with E-state index in [1.807, 2.05) is 12.1 Å². The number of fused-ring (bicyclic) bond motifs is 1. The number of methoxy groups -OCH3 is 1. The Morgan fingerprint density at radius 2 is 2.12 bits per heavy atom. The molecule has 0 spiro atoms. The molecule has 0 saturated carbocycles. The van der Waals surface area contributed by atoms with Gasteiger partial charge < -0.3 is 14.9 Å². The molecule has 4 nitrogen and oxygen atoms in total. The summed E-state index contributed by atoms with van der Waals surface area (Å²) in [5.74, 6) is 0.653.